The second-order valence-corrected chi connectivity index (χ2v) is 6.37. The molecular formula is C17H20BrClN2O. The molecule has 1 aromatic carbocycles. The van der Waals surface area contributed by atoms with Gasteiger partial charge in [-0.05, 0) is 59.0 Å². The number of benzene rings is 1. The van der Waals surface area contributed by atoms with E-state index in [4.69, 9.17) is 11.6 Å². The number of aromatic nitrogens is 1. The van der Waals surface area contributed by atoms with E-state index >= 15 is 0 Å². The lowest BCUT2D eigenvalue weighted by Crippen LogP contribution is -2.18. The maximum absolute atomic E-state index is 12.7. The first-order chi connectivity index (χ1) is 10.5. The van der Waals surface area contributed by atoms with Crippen LogP contribution in [0.3, 0.4) is 0 Å². The summed E-state index contributed by atoms with van der Waals surface area (Å²) in [5.74, 6) is -0.112. The van der Waals surface area contributed by atoms with Gasteiger partial charge in [-0.25, -0.2) is 0 Å². The van der Waals surface area contributed by atoms with Crippen LogP contribution in [0.1, 0.15) is 42.4 Å². The van der Waals surface area contributed by atoms with Crippen LogP contribution in [0.4, 0.5) is 5.69 Å². The fourth-order valence-electron chi connectivity index (χ4n) is 2.57. The molecule has 1 amide bonds. The summed E-state index contributed by atoms with van der Waals surface area (Å²) in [4.78, 5) is 12.7. The molecule has 0 aliphatic rings. The molecule has 0 aliphatic carbocycles. The number of aryl methyl sites for hydroxylation is 2. The fourth-order valence-corrected chi connectivity index (χ4v) is 3.33. The number of rotatable bonds is 5. The van der Waals surface area contributed by atoms with Crippen molar-refractivity contribution in [1.82, 2.24) is 4.57 Å². The fraction of sp³-hybridized carbons (Fsp3) is 0.353. The van der Waals surface area contributed by atoms with Crippen molar-refractivity contribution in [3.8, 4) is 0 Å². The third-order valence-electron chi connectivity index (χ3n) is 3.75. The van der Waals surface area contributed by atoms with Crippen molar-refractivity contribution in [3.05, 3.63) is 50.7 Å². The zero-order valence-electron chi connectivity index (χ0n) is 13.0. The lowest BCUT2D eigenvalue weighted by atomic mass is 10.0. The standard InChI is InChI=1S/C17H20BrClN2O/c1-4-11-7-8-14(19)13(5-2)16(11)20-17(22)15-9-12(18)10-21(15)6-3/h7-10H,4-6H2,1-3H3,(H,20,22). The van der Waals surface area contributed by atoms with E-state index in [-0.39, 0.29) is 5.91 Å². The van der Waals surface area contributed by atoms with Gasteiger partial charge < -0.3 is 9.88 Å². The largest absolute Gasteiger partial charge is 0.343 e. The number of carbonyl (C=O) groups excluding carboxylic acids is 1. The van der Waals surface area contributed by atoms with E-state index in [0.29, 0.717) is 10.7 Å². The number of nitrogens with zero attached hydrogens (tertiary/aromatic N) is 1. The molecule has 3 nitrogen and oxygen atoms in total. The predicted molar refractivity (Wildman–Crippen MR) is 96.0 cm³/mol. The number of nitrogens with one attached hydrogen (secondary N) is 1. The van der Waals surface area contributed by atoms with Crippen LogP contribution in [-0.4, -0.2) is 10.5 Å². The quantitative estimate of drug-likeness (QED) is 0.746. The molecule has 0 saturated heterocycles. The summed E-state index contributed by atoms with van der Waals surface area (Å²) in [5.41, 5.74) is 3.58. The lowest BCUT2D eigenvalue weighted by molar-refractivity contribution is 0.101. The van der Waals surface area contributed by atoms with Gasteiger partial charge in [0.25, 0.3) is 5.91 Å². The van der Waals surface area contributed by atoms with Crippen LogP contribution in [-0.2, 0) is 19.4 Å². The number of amides is 1. The van der Waals surface area contributed by atoms with Gasteiger partial charge in [-0.3, -0.25) is 4.79 Å². The SMILES string of the molecule is CCc1ccc(Cl)c(CC)c1NC(=O)c1cc(Br)cn1CC. The molecule has 1 aromatic heterocycles. The molecule has 0 bridgehead atoms. The second-order valence-electron chi connectivity index (χ2n) is 5.05. The van der Waals surface area contributed by atoms with Crippen LogP contribution in [0, 0.1) is 0 Å². The van der Waals surface area contributed by atoms with Crippen LogP contribution >= 0.6 is 27.5 Å². The molecule has 0 aliphatic heterocycles. The summed E-state index contributed by atoms with van der Waals surface area (Å²) in [5, 5.41) is 3.76. The molecule has 1 N–H and O–H groups in total. The molecule has 0 saturated carbocycles. The Labute approximate surface area is 144 Å². The van der Waals surface area contributed by atoms with Gasteiger partial charge in [-0.2, -0.15) is 0 Å². The van der Waals surface area contributed by atoms with E-state index < -0.39 is 0 Å². The smallest absolute Gasteiger partial charge is 0.272 e. The normalized spacial score (nSPS) is 10.8. The van der Waals surface area contributed by atoms with Gasteiger partial charge in [-0.15, -0.1) is 0 Å². The molecule has 2 aromatic rings. The zero-order valence-corrected chi connectivity index (χ0v) is 15.4. The van der Waals surface area contributed by atoms with Crippen LogP contribution < -0.4 is 5.32 Å². The van der Waals surface area contributed by atoms with Crippen molar-refractivity contribution in [2.24, 2.45) is 0 Å². The van der Waals surface area contributed by atoms with Gasteiger partial charge in [0.05, 0.1) is 0 Å². The van der Waals surface area contributed by atoms with E-state index in [1.54, 1.807) is 0 Å². The van der Waals surface area contributed by atoms with E-state index in [2.05, 4.69) is 28.2 Å². The topological polar surface area (TPSA) is 34.0 Å². The van der Waals surface area contributed by atoms with E-state index in [1.807, 2.05) is 42.8 Å². The summed E-state index contributed by atoms with van der Waals surface area (Å²) in [6.07, 6.45) is 3.54. The summed E-state index contributed by atoms with van der Waals surface area (Å²) in [6, 6.07) is 5.71. The predicted octanol–water partition coefficient (Wildman–Crippen LogP) is 5.30. The number of hydrogen-bond acceptors (Lipinski definition) is 1. The Hall–Kier alpha value is -1.26. The van der Waals surface area contributed by atoms with Crippen LogP contribution in [0.15, 0.2) is 28.9 Å². The molecule has 22 heavy (non-hydrogen) atoms. The highest BCUT2D eigenvalue weighted by Gasteiger charge is 2.17. The van der Waals surface area contributed by atoms with Gasteiger partial charge in [0.2, 0.25) is 0 Å². The minimum absolute atomic E-state index is 0.112. The molecule has 1 heterocycles. The van der Waals surface area contributed by atoms with Gasteiger partial charge in [0.15, 0.2) is 0 Å². The summed E-state index contributed by atoms with van der Waals surface area (Å²) < 4.78 is 2.82. The van der Waals surface area contributed by atoms with Gasteiger partial charge in [-0.1, -0.05) is 31.5 Å². The summed E-state index contributed by atoms with van der Waals surface area (Å²) in [7, 11) is 0. The third kappa shape index (κ3) is 3.39. The first-order valence-electron chi connectivity index (χ1n) is 7.49. The monoisotopic (exact) mass is 382 g/mol. The Morgan fingerprint density at radius 3 is 2.59 bits per heavy atom. The number of anilines is 1. The number of hydrogen-bond donors (Lipinski definition) is 1. The minimum Gasteiger partial charge on any atom is -0.343 e. The van der Waals surface area contributed by atoms with E-state index in [9.17, 15) is 4.79 Å². The average Bonchev–Trinajstić information content (AvgIpc) is 2.89. The Kier molecular flexibility index (Phi) is 5.70. The first-order valence-corrected chi connectivity index (χ1v) is 8.66. The molecule has 0 spiro atoms. The Morgan fingerprint density at radius 1 is 1.27 bits per heavy atom. The maximum Gasteiger partial charge on any atom is 0.272 e. The number of halogens is 2. The average molecular weight is 384 g/mol. The Morgan fingerprint density at radius 2 is 2.00 bits per heavy atom. The molecule has 5 heteroatoms. The van der Waals surface area contributed by atoms with E-state index in [1.165, 1.54) is 0 Å². The van der Waals surface area contributed by atoms with Crippen molar-refractivity contribution in [3.63, 3.8) is 0 Å². The highest BCUT2D eigenvalue weighted by atomic mass is 79.9. The lowest BCUT2D eigenvalue weighted by Gasteiger charge is -2.16. The molecular weight excluding hydrogens is 364 g/mol. The van der Waals surface area contributed by atoms with Crippen LogP contribution in [0.5, 0.6) is 0 Å². The van der Waals surface area contributed by atoms with Gasteiger partial charge in [0, 0.05) is 27.9 Å². The van der Waals surface area contributed by atoms with Crippen molar-refractivity contribution < 1.29 is 4.79 Å². The van der Waals surface area contributed by atoms with Crippen molar-refractivity contribution in [1.29, 1.82) is 0 Å². The minimum atomic E-state index is -0.112. The molecule has 0 fully saturated rings. The highest BCUT2D eigenvalue weighted by molar-refractivity contribution is 9.10. The van der Waals surface area contributed by atoms with E-state index in [0.717, 1.165) is 40.7 Å². The third-order valence-corrected chi connectivity index (χ3v) is 4.54. The first kappa shape index (κ1) is 17.1. The Balaban J connectivity index is 2.41. The molecule has 0 unspecified atom stereocenters. The molecule has 118 valence electrons. The summed E-state index contributed by atoms with van der Waals surface area (Å²) >= 11 is 9.71. The molecule has 2 rings (SSSR count). The summed E-state index contributed by atoms with van der Waals surface area (Å²) in [6.45, 7) is 6.87. The van der Waals surface area contributed by atoms with Crippen LogP contribution in [0.25, 0.3) is 0 Å². The van der Waals surface area contributed by atoms with Crippen molar-refractivity contribution in [2.75, 3.05) is 5.32 Å². The van der Waals surface area contributed by atoms with Crippen molar-refractivity contribution >= 4 is 39.1 Å². The van der Waals surface area contributed by atoms with Gasteiger partial charge in [0.1, 0.15) is 5.69 Å². The van der Waals surface area contributed by atoms with Crippen molar-refractivity contribution in [2.45, 2.75) is 40.2 Å². The van der Waals surface area contributed by atoms with Gasteiger partial charge >= 0.3 is 0 Å². The second kappa shape index (κ2) is 7.34. The van der Waals surface area contributed by atoms with Crippen LogP contribution in [0.2, 0.25) is 5.02 Å². The highest BCUT2D eigenvalue weighted by Crippen LogP contribution is 2.30. The molecule has 0 atom stereocenters. The maximum atomic E-state index is 12.7. The molecule has 0 radical (unpaired) electrons. The zero-order chi connectivity index (χ0) is 16.3. The Bertz CT molecular complexity index is 694. The number of carbonyl (C=O) groups is 1.